The molecule has 1 N–H and O–H groups in total. The first-order valence-electron chi connectivity index (χ1n) is 6.97. The van der Waals surface area contributed by atoms with Crippen molar-refractivity contribution in [1.82, 2.24) is 5.32 Å². The van der Waals surface area contributed by atoms with Crippen LogP contribution < -0.4 is 5.32 Å². The molecule has 106 valence electrons. The SMILES string of the molecule is CC(NCCOC1CCCC1)c1ccc(Cl)c(F)c1. The maximum Gasteiger partial charge on any atom is 0.142 e. The molecule has 0 saturated heterocycles. The van der Waals surface area contributed by atoms with Gasteiger partial charge >= 0.3 is 0 Å². The zero-order valence-corrected chi connectivity index (χ0v) is 12.0. The van der Waals surface area contributed by atoms with E-state index in [1.54, 1.807) is 6.07 Å². The van der Waals surface area contributed by atoms with Gasteiger partial charge in [0.15, 0.2) is 0 Å². The van der Waals surface area contributed by atoms with Gasteiger partial charge in [-0.15, -0.1) is 0 Å². The second kappa shape index (κ2) is 7.22. The fraction of sp³-hybridized carbons (Fsp3) is 0.600. The second-order valence-electron chi connectivity index (χ2n) is 5.13. The summed E-state index contributed by atoms with van der Waals surface area (Å²) in [6.07, 6.45) is 5.41. The van der Waals surface area contributed by atoms with E-state index in [2.05, 4.69) is 5.32 Å². The molecular weight excluding hydrogens is 265 g/mol. The number of halogens is 2. The summed E-state index contributed by atoms with van der Waals surface area (Å²) in [5.74, 6) is -0.366. The fourth-order valence-electron chi connectivity index (χ4n) is 2.46. The van der Waals surface area contributed by atoms with E-state index in [-0.39, 0.29) is 16.9 Å². The summed E-state index contributed by atoms with van der Waals surface area (Å²) < 4.78 is 19.1. The fourth-order valence-corrected chi connectivity index (χ4v) is 2.57. The van der Waals surface area contributed by atoms with Crippen molar-refractivity contribution in [2.45, 2.75) is 44.8 Å². The van der Waals surface area contributed by atoms with Gasteiger partial charge in [0.1, 0.15) is 5.82 Å². The van der Waals surface area contributed by atoms with E-state index >= 15 is 0 Å². The van der Waals surface area contributed by atoms with E-state index in [4.69, 9.17) is 16.3 Å². The third-order valence-electron chi connectivity index (χ3n) is 3.65. The highest BCUT2D eigenvalue weighted by Gasteiger charge is 2.15. The van der Waals surface area contributed by atoms with Gasteiger partial charge in [0.25, 0.3) is 0 Å². The van der Waals surface area contributed by atoms with Crippen LogP contribution in [0.5, 0.6) is 0 Å². The molecule has 2 rings (SSSR count). The van der Waals surface area contributed by atoms with E-state index in [0.29, 0.717) is 12.7 Å². The quantitative estimate of drug-likeness (QED) is 0.795. The van der Waals surface area contributed by atoms with Gasteiger partial charge in [-0.2, -0.15) is 0 Å². The first-order valence-corrected chi connectivity index (χ1v) is 7.34. The van der Waals surface area contributed by atoms with Gasteiger partial charge < -0.3 is 10.1 Å². The Hall–Kier alpha value is -0.640. The van der Waals surface area contributed by atoms with Gasteiger partial charge in [-0.1, -0.05) is 30.5 Å². The number of hydrogen-bond donors (Lipinski definition) is 1. The first-order chi connectivity index (χ1) is 9.16. The van der Waals surface area contributed by atoms with Crippen molar-refractivity contribution in [3.8, 4) is 0 Å². The van der Waals surface area contributed by atoms with Crippen molar-refractivity contribution in [1.29, 1.82) is 0 Å². The van der Waals surface area contributed by atoms with Crippen LogP contribution in [0, 0.1) is 5.82 Å². The molecule has 0 amide bonds. The molecule has 0 radical (unpaired) electrons. The smallest absolute Gasteiger partial charge is 0.142 e. The summed E-state index contributed by atoms with van der Waals surface area (Å²) in [6, 6.07) is 5.02. The van der Waals surface area contributed by atoms with Crippen LogP contribution in [-0.2, 0) is 4.74 Å². The maximum atomic E-state index is 13.3. The molecule has 1 aliphatic rings. The number of nitrogens with one attached hydrogen (secondary N) is 1. The van der Waals surface area contributed by atoms with Crippen LogP contribution in [0.25, 0.3) is 0 Å². The zero-order chi connectivity index (χ0) is 13.7. The molecule has 1 fully saturated rings. The highest BCUT2D eigenvalue weighted by atomic mass is 35.5. The van der Waals surface area contributed by atoms with Crippen LogP contribution in [-0.4, -0.2) is 19.3 Å². The van der Waals surface area contributed by atoms with Gasteiger partial charge in [-0.3, -0.25) is 0 Å². The Bertz CT molecular complexity index is 407. The molecule has 1 aromatic carbocycles. The third-order valence-corrected chi connectivity index (χ3v) is 3.96. The van der Waals surface area contributed by atoms with Crippen LogP contribution in [0.1, 0.15) is 44.2 Å². The summed E-state index contributed by atoms with van der Waals surface area (Å²) in [5, 5.41) is 3.50. The summed E-state index contributed by atoms with van der Waals surface area (Å²) in [5.41, 5.74) is 0.905. The van der Waals surface area contributed by atoms with Crippen molar-refractivity contribution in [3.05, 3.63) is 34.6 Å². The number of benzene rings is 1. The predicted octanol–water partition coefficient (Wildman–Crippen LogP) is 4.09. The highest BCUT2D eigenvalue weighted by Crippen LogP contribution is 2.21. The Labute approximate surface area is 119 Å². The molecule has 0 aromatic heterocycles. The van der Waals surface area contributed by atoms with Crippen LogP contribution in [0.3, 0.4) is 0 Å². The molecular formula is C15H21ClFNO. The average Bonchev–Trinajstić information content (AvgIpc) is 2.91. The lowest BCUT2D eigenvalue weighted by molar-refractivity contribution is 0.0593. The monoisotopic (exact) mass is 285 g/mol. The van der Waals surface area contributed by atoms with Crippen molar-refractivity contribution in [2.75, 3.05) is 13.2 Å². The van der Waals surface area contributed by atoms with Gasteiger partial charge in [0.2, 0.25) is 0 Å². The Morgan fingerprint density at radius 1 is 1.42 bits per heavy atom. The van der Waals surface area contributed by atoms with Crippen molar-refractivity contribution in [2.24, 2.45) is 0 Å². The minimum Gasteiger partial charge on any atom is -0.377 e. The lowest BCUT2D eigenvalue weighted by Crippen LogP contribution is -2.25. The molecule has 4 heteroatoms. The molecule has 1 aromatic rings. The largest absolute Gasteiger partial charge is 0.377 e. The van der Waals surface area contributed by atoms with Gasteiger partial charge in [0, 0.05) is 12.6 Å². The Morgan fingerprint density at radius 2 is 2.16 bits per heavy atom. The Kier molecular flexibility index (Phi) is 5.61. The van der Waals surface area contributed by atoms with E-state index < -0.39 is 0 Å². The molecule has 0 spiro atoms. The molecule has 0 aliphatic heterocycles. The van der Waals surface area contributed by atoms with Crippen molar-refractivity contribution >= 4 is 11.6 Å². The van der Waals surface area contributed by atoms with Crippen molar-refractivity contribution in [3.63, 3.8) is 0 Å². The maximum absolute atomic E-state index is 13.3. The molecule has 1 atom stereocenters. The summed E-state index contributed by atoms with van der Waals surface area (Å²) in [4.78, 5) is 0. The standard InChI is InChI=1S/C15H21ClFNO/c1-11(12-6-7-14(16)15(17)10-12)18-8-9-19-13-4-2-3-5-13/h6-7,10-11,13,18H,2-5,8-9H2,1H3. The minimum absolute atomic E-state index is 0.0962. The zero-order valence-electron chi connectivity index (χ0n) is 11.3. The number of hydrogen-bond acceptors (Lipinski definition) is 2. The van der Waals surface area contributed by atoms with Crippen LogP contribution in [0.15, 0.2) is 18.2 Å². The first kappa shape index (κ1) is 14.8. The number of ether oxygens (including phenoxy) is 1. The Balaban J connectivity index is 1.71. The van der Waals surface area contributed by atoms with Crippen LogP contribution in [0.2, 0.25) is 5.02 Å². The van der Waals surface area contributed by atoms with E-state index in [0.717, 1.165) is 12.1 Å². The average molecular weight is 286 g/mol. The molecule has 1 aliphatic carbocycles. The topological polar surface area (TPSA) is 21.3 Å². The molecule has 0 bridgehead atoms. The number of rotatable bonds is 6. The minimum atomic E-state index is -0.366. The van der Waals surface area contributed by atoms with Crippen molar-refractivity contribution < 1.29 is 9.13 Å². The van der Waals surface area contributed by atoms with E-state index in [9.17, 15) is 4.39 Å². The van der Waals surface area contributed by atoms with Crippen LogP contribution >= 0.6 is 11.6 Å². The Morgan fingerprint density at radius 3 is 2.84 bits per heavy atom. The van der Waals surface area contributed by atoms with E-state index in [1.807, 2.05) is 13.0 Å². The molecule has 1 saturated carbocycles. The summed E-state index contributed by atoms with van der Waals surface area (Å²) in [7, 11) is 0. The summed E-state index contributed by atoms with van der Waals surface area (Å²) in [6.45, 7) is 3.51. The van der Waals surface area contributed by atoms with E-state index in [1.165, 1.54) is 31.7 Å². The normalized spacial score (nSPS) is 17.8. The predicted molar refractivity (Wildman–Crippen MR) is 76.0 cm³/mol. The van der Waals surface area contributed by atoms with Gasteiger partial charge in [0.05, 0.1) is 17.7 Å². The lowest BCUT2D eigenvalue weighted by atomic mass is 10.1. The third kappa shape index (κ3) is 4.44. The molecule has 1 unspecified atom stereocenters. The molecule has 0 heterocycles. The van der Waals surface area contributed by atoms with Crippen LogP contribution in [0.4, 0.5) is 4.39 Å². The van der Waals surface area contributed by atoms with Gasteiger partial charge in [-0.25, -0.2) is 4.39 Å². The second-order valence-corrected chi connectivity index (χ2v) is 5.53. The highest BCUT2D eigenvalue weighted by molar-refractivity contribution is 6.30. The molecule has 19 heavy (non-hydrogen) atoms. The molecule has 2 nitrogen and oxygen atoms in total. The summed E-state index contributed by atoms with van der Waals surface area (Å²) >= 11 is 5.67. The van der Waals surface area contributed by atoms with Gasteiger partial charge in [-0.05, 0) is 37.5 Å². The lowest BCUT2D eigenvalue weighted by Gasteiger charge is -2.16.